The van der Waals surface area contributed by atoms with E-state index in [2.05, 4.69) is 4.74 Å². The molecule has 0 saturated carbocycles. The summed E-state index contributed by atoms with van der Waals surface area (Å²) >= 11 is 0. The van der Waals surface area contributed by atoms with E-state index < -0.39 is 12.3 Å². The maximum Gasteiger partial charge on any atom is 0.414 e. The smallest absolute Gasteiger partial charge is 0.372 e. The molecule has 1 atom stereocenters. The molecule has 0 N–H and O–H groups in total. The maximum atomic E-state index is 11.8. The third-order valence-electron chi connectivity index (χ3n) is 1.20. The van der Waals surface area contributed by atoms with Gasteiger partial charge in [0, 0.05) is 7.11 Å². The molecule has 0 unspecified atom stereocenters. The molecule has 0 aliphatic rings. The van der Waals surface area contributed by atoms with Crippen molar-refractivity contribution in [1.29, 1.82) is 0 Å². The zero-order valence-corrected chi connectivity index (χ0v) is 6.03. The molecule has 0 saturated heterocycles. The van der Waals surface area contributed by atoms with Crippen LogP contribution in [0.4, 0.5) is 13.2 Å². The molecule has 0 aliphatic heterocycles. The Morgan fingerprint density at radius 1 is 1.40 bits per heavy atom. The normalized spacial score (nSPS) is 15.3. The van der Waals surface area contributed by atoms with Crippen LogP contribution in [0.1, 0.15) is 19.8 Å². The van der Waals surface area contributed by atoms with Gasteiger partial charge < -0.3 is 4.74 Å². The van der Waals surface area contributed by atoms with Gasteiger partial charge in [0.05, 0.1) is 0 Å². The minimum Gasteiger partial charge on any atom is -0.372 e. The van der Waals surface area contributed by atoms with E-state index in [-0.39, 0.29) is 6.42 Å². The van der Waals surface area contributed by atoms with Gasteiger partial charge in [-0.1, -0.05) is 13.3 Å². The molecular weight excluding hydrogens is 145 g/mol. The van der Waals surface area contributed by atoms with Crippen molar-refractivity contribution in [2.45, 2.75) is 32.0 Å². The highest BCUT2D eigenvalue weighted by Crippen LogP contribution is 2.25. The fraction of sp³-hybridized carbons (Fsp3) is 1.00. The first kappa shape index (κ1) is 9.75. The van der Waals surface area contributed by atoms with E-state index in [1.54, 1.807) is 6.92 Å². The Morgan fingerprint density at radius 2 is 1.90 bits per heavy atom. The molecule has 0 heterocycles. The summed E-state index contributed by atoms with van der Waals surface area (Å²) < 4.78 is 39.6. The Bertz CT molecular complexity index is 89.5. The lowest BCUT2D eigenvalue weighted by molar-refractivity contribution is -0.214. The van der Waals surface area contributed by atoms with Crippen molar-refractivity contribution in [2.24, 2.45) is 0 Å². The molecule has 0 fully saturated rings. The lowest BCUT2D eigenvalue weighted by Crippen LogP contribution is -2.30. The molecule has 0 aromatic rings. The Kier molecular flexibility index (Phi) is 3.71. The summed E-state index contributed by atoms with van der Waals surface area (Å²) in [7, 11) is 1.08. The van der Waals surface area contributed by atoms with Crippen LogP contribution in [-0.4, -0.2) is 19.4 Å². The minimum absolute atomic E-state index is 0.0417. The number of ether oxygens (including phenoxy) is 1. The van der Waals surface area contributed by atoms with Crippen molar-refractivity contribution in [3.8, 4) is 0 Å². The number of methoxy groups -OCH3 is 1. The SMILES string of the molecule is CCC[C@@H](OC)C(F)(F)F. The van der Waals surface area contributed by atoms with Crippen LogP contribution in [0, 0.1) is 0 Å². The standard InChI is InChI=1S/C6H11F3O/c1-3-4-5(10-2)6(7,8)9/h5H,3-4H2,1-2H3/t5-/m1/s1. The first-order chi connectivity index (χ1) is 4.52. The number of hydrogen-bond acceptors (Lipinski definition) is 1. The van der Waals surface area contributed by atoms with E-state index in [0.717, 1.165) is 7.11 Å². The molecule has 0 spiro atoms. The summed E-state index contributed by atoms with van der Waals surface area (Å²) in [5.41, 5.74) is 0. The molecular formula is C6H11F3O. The van der Waals surface area contributed by atoms with E-state index in [1.165, 1.54) is 0 Å². The monoisotopic (exact) mass is 156 g/mol. The first-order valence-corrected chi connectivity index (χ1v) is 3.11. The highest BCUT2D eigenvalue weighted by atomic mass is 19.4. The van der Waals surface area contributed by atoms with Gasteiger partial charge in [-0.25, -0.2) is 0 Å². The average molecular weight is 156 g/mol. The summed E-state index contributed by atoms with van der Waals surface area (Å²) in [6.45, 7) is 1.69. The zero-order valence-electron chi connectivity index (χ0n) is 6.03. The van der Waals surface area contributed by atoms with Gasteiger partial charge in [-0.05, 0) is 6.42 Å². The van der Waals surface area contributed by atoms with Crippen LogP contribution < -0.4 is 0 Å². The predicted molar refractivity (Wildman–Crippen MR) is 31.8 cm³/mol. The molecule has 0 aromatic carbocycles. The second kappa shape index (κ2) is 3.81. The number of halogens is 3. The molecule has 0 amide bonds. The van der Waals surface area contributed by atoms with E-state index in [9.17, 15) is 13.2 Å². The second-order valence-electron chi connectivity index (χ2n) is 2.05. The van der Waals surface area contributed by atoms with E-state index in [0.29, 0.717) is 6.42 Å². The molecule has 62 valence electrons. The fourth-order valence-electron chi connectivity index (χ4n) is 0.677. The van der Waals surface area contributed by atoms with Crippen LogP contribution in [0.3, 0.4) is 0 Å². The third kappa shape index (κ3) is 3.06. The quantitative estimate of drug-likeness (QED) is 0.609. The fourth-order valence-corrected chi connectivity index (χ4v) is 0.677. The largest absolute Gasteiger partial charge is 0.414 e. The Balaban J connectivity index is 3.81. The van der Waals surface area contributed by atoms with Crippen LogP contribution >= 0.6 is 0 Å². The molecule has 4 heteroatoms. The summed E-state index contributed by atoms with van der Waals surface area (Å²) in [5, 5.41) is 0. The van der Waals surface area contributed by atoms with Crippen LogP contribution in [0.5, 0.6) is 0 Å². The molecule has 10 heavy (non-hydrogen) atoms. The Hall–Kier alpha value is -0.250. The Labute approximate surface area is 58.2 Å². The molecule has 0 bridgehead atoms. The van der Waals surface area contributed by atoms with Crippen molar-refractivity contribution in [1.82, 2.24) is 0 Å². The molecule has 0 rings (SSSR count). The van der Waals surface area contributed by atoms with Gasteiger partial charge >= 0.3 is 6.18 Å². The van der Waals surface area contributed by atoms with Crippen LogP contribution in [0.25, 0.3) is 0 Å². The van der Waals surface area contributed by atoms with Crippen LogP contribution in [0.15, 0.2) is 0 Å². The van der Waals surface area contributed by atoms with Gasteiger partial charge in [-0.3, -0.25) is 0 Å². The van der Waals surface area contributed by atoms with Crippen LogP contribution in [-0.2, 0) is 4.74 Å². The summed E-state index contributed by atoms with van der Waals surface area (Å²) in [4.78, 5) is 0. The summed E-state index contributed by atoms with van der Waals surface area (Å²) in [6.07, 6.45) is -5.26. The number of hydrogen-bond donors (Lipinski definition) is 0. The summed E-state index contributed by atoms with van der Waals surface area (Å²) in [6, 6.07) is 0. The molecule has 1 nitrogen and oxygen atoms in total. The van der Waals surface area contributed by atoms with Gasteiger partial charge in [-0.2, -0.15) is 13.2 Å². The van der Waals surface area contributed by atoms with Gasteiger partial charge in [0.15, 0.2) is 6.10 Å². The number of alkyl halides is 3. The van der Waals surface area contributed by atoms with E-state index >= 15 is 0 Å². The Morgan fingerprint density at radius 3 is 2.00 bits per heavy atom. The van der Waals surface area contributed by atoms with E-state index in [4.69, 9.17) is 0 Å². The highest BCUT2D eigenvalue weighted by molar-refractivity contribution is 4.65. The van der Waals surface area contributed by atoms with Crippen molar-refractivity contribution in [3.63, 3.8) is 0 Å². The summed E-state index contributed by atoms with van der Waals surface area (Å²) in [5.74, 6) is 0. The lowest BCUT2D eigenvalue weighted by atomic mass is 10.2. The third-order valence-corrected chi connectivity index (χ3v) is 1.20. The number of rotatable bonds is 3. The minimum atomic E-state index is -4.20. The topological polar surface area (TPSA) is 9.23 Å². The predicted octanol–water partition coefficient (Wildman–Crippen LogP) is 2.36. The highest BCUT2D eigenvalue weighted by Gasteiger charge is 2.38. The van der Waals surface area contributed by atoms with Gasteiger partial charge in [-0.15, -0.1) is 0 Å². The lowest BCUT2D eigenvalue weighted by Gasteiger charge is -2.17. The molecule has 0 aromatic heterocycles. The first-order valence-electron chi connectivity index (χ1n) is 3.11. The van der Waals surface area contributed by atoms with Crippen LogP contribution in [0.2, 0.25) is 0 Å². The molecule has 0 aliphatic carbocycles. The van der Waals surface area contributed by atoms with E-state index in [1.807, 2.05) is 0 Å². The molecule has 0 radical (unpaired) electrons. The van der Waals surface area contributed by atoms with Crippen molar-refractivity contribution >= 4 is 0 Å². The zero-order chi connectivity index (χ0) is 8.20. The average Bonchev–Trinajstić information content (AvgIpc) is 1.80. The van der Waals surface area contributed by atoms with Crippen molar-refractivity contribution in [2.75, 3.05) is 7.11 Å². The van der Waals surface area contributed by atoms with Gasteiger partial charge in [0.2, 0.25) is 0 Å². The van der Waals surface area contributed by atoms with Gasteiger partial charge in [0.25, 0.3) is 0 Å². The second-order valence-corrected chi connectivity index (χ2v) is 2.05. The van der Waals surface area contributed by atoms with Gasteiger partial charge in [0.1, 0.15) is 0 Å². The van der Waals surface area contributed by atoms with Crippen molar-refractivity contribution in [3.05, 3.63) is 0 Å². The maximum absolute atomic E-state index is 11.8. The van der Waals surface area contributed by atoms with Crippen molar-refractivity contribution < 1.29 is 17.9 Å².